The molecule has 2 rings (SSSR count). The molecule has 8 heteroatoms. The van der Waals surface area contributed by atoms with E-state index in [4.69, 9.17) is 0 Å². The number of hydrogen-bond acceptors (Lipinski definition) is 3. The quantitative estimate of drug-likeness (QED) is 0.801. The van der Waals surface area contributed by atoms with Crippen LogP contribution in [0.2, 0.25) is 0 Å². The number of benzene rings is 1. The molecule has 0 aliphatic heterocycles. The highest BCUT2D eigenvalue weighted by Crippen LogP contribution is 2.33. The monoisotopic (exact) mass is 395 g/mol. The average molecular weight is 395 g/mol. The van der Waals surface area contributed by atoms with Gasteiger partial charge in [0.2, 0.25) is 5.43 Å². The lowest BCUT2D eigenvalue weighted by Crippen LogP contribution is -2.37. The van der Waals surface area contributed by atoms with Crippen LogP contribution in [0.4, 0.5) is 13.2 Å². The van der Waals surface area contributed by atoms with Gasteiger partial charge < -0.3 is 5.32 Å². The molecule has 0 aliphatic rings. The number of nitrogens with one attached hydrogen (secondary N) is 1. The lowest BCUT2D eigenvalue weighted by Gasteiger charge is -2.18. The van der Waals surface area contributed by atoms with Crippen molar-refractivity contribution in [2.45, 2.75) is 52.8 Å². The van der Waals surface area contributed by atoms with Crippen molar-refractivity contribution in [1.82, 2.24) is 15.1 Å². The Bertz CT molecular complexity index is 904. The standard InChI is InChI=1S/C20H24F3N3O2/c1-12(2)9-10-13(3)24-19(28)18-17(27)11-14(4)26(25-18)16-8-6-5-7-15(16)20(21,22)23/h5-8,11-13H,9-10H2,1-4H3,(H,24,28). The van der Waals surface area contributed by atoms with Gasteiger partial charge in [0, 0.05) is 17.8 Å². The number of para-hydroxylation sites is 1. The largest absolute Gasteiger partial charge is 0.418 e. The predicted octanol–water partition coefficient (Wildman–Crippen LogP) is 4.11. The van der Waals surface area contributed by atoms with Gasteiger partial charge in [-0.2, -0.15) is 18.3 Å². The fraction of sp³-hybridized carbons (Fsp3) is 0.450. The summed E-state index contributed by atoms with van der Waals surface area (Å²) in [6.07, 6.45) is -2.98. The summed E-state index contributed by atoms with van der Waals surface area (Å²) in [7, 11) is 0. The van der Waals surface area contributed by atoms with E-state index in [0.717, 1.165) is 29.7 Å². The van der Waals surface area contributed by atoms with Gasteiger partial charge in [-0.25, -0.2) is 4.68 Å². The highest BCUT2D eigenvalue weighted by atomic mass is 19.4. The van der Waals surface area contributed by atoms with Crippen LogP contribution in [0.1, 0.15) is 55.4 Å². The predicted molar refractivity (Wildman–Crippen MR) is 101 cm³/mol. The Hall–Kier alpha value is -2.64. The maximum atomic E-state index is 13.3. The molecule has 1 amide bonds. The van der Waals surface area contributed by atoms with Crippen molar-refractivity contribution in [2.75, 3.05) is 0 Å². The van der Waals surface area contributed by atoms with Gasteiger partial charge in [0.25, 0.3) is 5.91 Å². The first-order chi connectivity index (χ1) is 13.0. The van der Waals surface area contributed by atoms with E-state index in [1.165, 1.54) is 25.1 Å². The minimum absolute atomic E-state index is 0.187. The summed E-state index contributed by atoms with van der Waals surface area (Å²) in [5, 5.41) is 6.65. The smallest absolute Gasteiger partial charge is 0.348 e. The minimum Gasteiger partial charge on any atom is -0.348 e. The molecule has 1 heterocycles. The fourth-order valence-corrected chi connectivity index (χ4v) is 2.79. The highest BCUT2D eigenvalue weighted by molar-refractivity contribution is 5.92. The summed E-state index contributed by atoms with van der Waals surface area (Å²) >= 11 is 0. The third-order valence-corrected chi connectivity index (χ3v) is 4.31. The molecule has 0 aliphatic carbocycles. The molecule has 0 radical (unpaired) electrons. The van der Waals surface area contributed by atoms with E-state index < -0.39 is 28.8 Å². The van der Waals surface area contributed by atoms with E-state index in [1.54, 1.807) is 0 Å². The van der Waals surface area contributed by atoms with Gasteiger partial charge >= 0.3 is 6.18 Å². The molecule has 152 valence electrons. The Morgan fingerprint density at radius 3 is 2.43 bits per heavy atom. The zero-order valence-electron chi connectivity index (χ0n) is 16.3. The molecule has 2 aromatic rings. The summed E-state index contributed by atoms with van der Waals surface area (Å²) < 4.78 is 41.0. The Labute approximate surface area is 161 Å². The van der Waals surface area contributed by atoms with E-state index >= 15 is 0 Å². The number of hydrogen-bond donors (Lipinski definition) is 1. The van der Waals surface area contributed by atoms with Gasteiger partial charge in [-0.15, -0.1) is 0 Å². The number of carbonyl (C=O) groups is 1. The summed E-state index contributed by atoms with van der Waals surface area (Å²) in [4.78, 5) is 24.7. The summed E-state index contributed by atoms with van der Waals surface area (Å²) in [6, 6.07) is 5.83. The van der Waals surface area contributed by atoms with E-state index in [9.17, 15) is 22.8 Å². The number of aryl methyl sites for hydroxylation is 1. The molecule has 28 heavy (non-hydrogen) atoms. The number of carbonyl (C=O) groups excluding carboxylic acids is 1. The van der Waals surface area contributed by atoms with E-state index in [1.807, 2.05) is 6.92 Å². The van der Waals surface area contributed by atoms with Crippen LogP contribution < -0.4 is 10.7 Å². The van der Waals surface area contributed by atoms with Crippen molar-refractivity contribution in [3.8, 4) is 5.69 Å². The minimum atomic E-state index is -4.60. The number of alkyl halides is 3. The van der Waals surface area contributed by atoms with Gasteiger partial charge in [0.1, 0.15) is 0 Å². The Kier molecular flexibility index (Phi) is 6.64. The number of aromatic nitrogens is 2. The van der Waals surface area contributed by atoms with Gasteiger partial charge in [-0.05, 0) is 44.7 Å². The van der Waals surface area contributed by atoms with Crippen LogP contribution in [0.5, 0.6) is 0 Å². The Morgan fingerprint density at radius 2 is 1.82 bits per heavy atom. The molecule has 0 saturated carbocycles. The molecule has 1 atom stereocenters. The first-order valence-electron chi connectivity index (χ1n) is 9.09. The average Bonchev–Trinajstić information content (AvgIpc) is 2.59. The molecule has 0 saturated heterocycles. The van der Waals surface area contributed by atoms with Gasteiger partial charge in [-0.3, -0.25) is 9.59 Å². The number of rotatable bonds is 6. The topological polar surface area (TPSA) is 64.0 Å². The van der Waals surface area contributed by atoms with Crippen molar-refractivity contribution < 1.29 is 18.0 Å². The molecule has 1 unspecified atom stereocenters. The van der Waals surface area contributed by atoms with Crippen LogP contribution in [0.3, 0.4) is 0 Å². The third kappa shape index (κ3) is 5.21. The lowest BCUT2D eigenvalue weighted by atomic mass is 10.0. The maximum Gasteiger partial charge on any atom is 0.418 e. The molecule has 0 fully saturated rings. The van der Waals surface area contributed by atoms with Crippen LogP contribution in [0.15, 0.2) is 35.1 Å². The van der Waals surface area contributed by atoms with Crippen molar-refractivity contribution in [3.05, 3.63) is 57.5 Å². The second-order valence-corrected chi connectivity index (χ2v) is 7.27. The second-order valence-electron chi connectivity index (χ2n) is 7.27. The highest BCUT2D eigenvalue weighted by Gasteiger charge is 2.34. The van der Waals surface area contributed by atoms with Crippen molar-refractivity contribution in [2.24, 2.45) is 5.92 Å². The normalized spacial score (nSPS) is 12.9. The van der Waals surface area contributed by atoms with E-state index in [-0.39, 0.29) is 17.4 Å². The van der Waals surface area contributed by atoms with Gasteiger partial charge in [0.05, 0.1) is 11.3 Å². The van der Waals surface area contributed by atoms with Gasteiger partial charge in [-0.1, -0.05) is 26.0 Å². The molecular formula is C20H24F3N3O2. The molecule has 1 aromatic heterocycles. The number of halogens is 3. The van der Waals surface area contributed by atoms with E-state index in [2.05, 4.69) is 24.3 Å². The van der Waals surface area contributed by atoms with Crippen molar-refractivity contribution >= 4 is 5.91 Å². The molecule has 1 aromatic carbocycles. The summed E-state index contributed by atoms with van der Waals surface area (Å²) in [6.45, 7) is 7.40. The van der Waals surface area contributed by atoms with Crippen LogP contribution in [-0.4, -0.2) is 21.7 Å². The fourth-order valence-electron chi connectivity index (χ4n) is 2.79. The number of nitrogens with zero attached hydrogens (tertiary/aromatic N) is 2. The summed E-state index contributed by atoms with van der Waals surface area (Å²) in [5.74, 6) is -0.229. The molecule has 5 nitrogen and oxygen atoms in total. The first-order valence-corrected chi connectivity index (χ1v) is 9.09. The zero-order valence-corrected chi connectivity index (χ0v) is 16.3. The van der Waals surface area contributed by atoms with Crippen LogP contribution >= 0.6 is 0 Å². The SMILES string of the molecule is Cc1cc(=O)c(C(=O)NC(C)CCC(C)C)nn1-c1ccccc1C(F)(F)F. The van der Waals surface area contributed by atoms with E-state index in [0.29, 0.717) is 5.92 Å². The van der Waals surface area contributed by atoms with Crippen LogP contribution in [0, 0.1) is 12.8 Å². The number of amides is 1. The third-order valence-electron chi connectivity index (χ3n) is 4.31. The summed E-state index contributed by atoms with van der Waals surface area (Å²) in [5.41, 5.74) is -2.00. The lowest BCUT2D eigenvalue weighted by molar-refractivity contribution is -0.137. The second kappa shape index (κ2) is 8.58. The van der Waals surface area contributed by atoms with Crippen LogP contribution in [0.25, 0.3) is 5.69 Å². The van der Waals surface area contributed by atoms with Crippen molar-refractivity contribution in [3.63, 3.8) is 0 Å². The molecule has 0 spiro atoms. The molecule has 1 N–H and O–H groups in total. The molecular weight excluding hydrogens is 371 g/mol. The molecule has 0 bridgehead atoms. The first kappa shape index (κ1) is 21.7. The maximum absolute atomic E-state index is 13.3. The Balaban J connectivity index is 2.41. The van der Waals surface area contributed by atoms with Gasteiger partial charge in [0.15, 0.2) is 5.69 Å². The Morgan fingerprint density at radius 1 is 1.18 bits per heavy atom. The zero-order chi connectivity index (χ0) is 21.1. The van der Waals surface area contributed by atoms with Crippen molar-refractivity contribution in [1.29, 1.82) is 0 Å². The van der Waals surface area contributed by atoms with Crippen LogP contribution in [-0.2, 0) is 6.18 Å².